The Morgan fingerprint density at radius 1 is 1.41 bits per heavy atom. The van der Waals surface area contributed by atoms with E-state index >= 15 is 0 Å². The highest BCUT2D eigenvalue weighted by Gasteiger charge is 2.26. The molecule has 0 spiro atoms. The van der Waals surface area contributed by atoms with E-state index in [-0.39, 0.29) is 11.9 Å². The third-order valence-corrected chi connectivity index (χ3v) is 4.69. The van der Waals surface area contributed by atoms with Crippen molar-refractivity contribution in [2.75, 3.05) is 14.1 Å². The summed E-state index contributed by atoms with van der Waals surface area (Å²) < 4.78 is 0. The van der Waals surface area contributed by atoms with Crippen molar-refractivity contribution >= 4 is 28.4 Å². The Morgan fingerprint density at radius 2 is 2.23 bits per heavy atom. The highest BCUT2D eigenvalue weighted by Crippen LogP contribution is 2.23. The van der Waals surface area contributed by atoms with Gasteiger partial charge in [0.15, 0.2) is 5.69 Å². The maximum atomic E-state index is 12.5. The number of benzene rings is 1. The monoisotopic (exact) mass is 320 g/mol. The van der Waals surface area contributed by atoms with Crippen molar-refractivity contribution in [3.05, 3.63) is 28.9 Å². The molecule has 1 aliphatic carbocycles. The number of halogens is 1. The van der Waals surface area contributed by atoms with Gasteiger partial charge in [-0.1, -0.05) is 11.6 Å². The fourth-order valence-electron chi connectivity index (χ4n) is 3.18. The number of aromatic nitrogens is 2. The number of rotatable bonds is 3. The van der Waals surface area contributed by atoms with Crippen molar-refractivity contribution in [2.45, 2.75) is 37.8 Å². The molecule has 1 heterocycles. The molecule has 2 unspecified atom stereocenters. The summed E-state index contributed by atoms with van der Waals surface area (Å²) in [6.45, 7) is 0. The molecule has 1 aliphatic rings. The van der Waals surface area contributed by atoms with Crippen molar-refractivity contribution in [3.8, 4) is 0 Å². The lowest BCUT2D eigenvalue weighted by Gasteiger charge is -2.33. The summed E-state index contributed by atoms with van der Waals surface area (Å²) in [7, 11) is 4.19. The SMILES string of the molecule is CN(C)C1CCCC(NC(=O)c2n[nH]c3ccc(Cl)cc23)C1. The van der Waals surface area contributed by atoms with E-state index in [1.807, 2.05) is 6.07 Å². The third-order valence-electron chi connectivity index (χ3n) is 4.45. The Bertz CT molecular complexity index is 682. The number of hydrogen-bond donors (Lipinski definition) is 2. The van der Waals surface area contributed by atoms with Crippen LogP contribution in [0.1, 0.15) is 36.2 Å². The molecule has 118 valence electrons. The molecule has 0 bridgehead atoms. The summed E-state index contributed by atoms with van der Waals surface area (Å²) in [5.41, 5.74) is 1.24. The van der Waals surface area contributed by atoms with E-state index in [4.69, 9.17) is 11.6 Å². The molecule has 22 heavy (non-hydrogen) atoms. The standard InChI is InChI=1S/C16H21ClN4O/c1-21(2)12-5-3-4-11(9-12)18-16(22)15-13-8-10(17)6-7-14(13)19-20-15/h6-8,11-12H,3-5,9H2,1-2H3,(H,18,22)(H,19,20). The van der Waals surface area contributed by atoms with Crippen LogP contribution in [0.25, 0.3) is 10.9 Å². The van der Waals surface area contributed by atoms with E-state index in [1.54, 1.807) is 12.1 Å². The number of fused-ring (bicyclic) bond motifs is 1. The zero-order valence-corrected chi connectivity index (χ0v) is 13.7. The normalized spacial score (nSPS) is 22.2. The molecule has 1 amide bonds. The fourth-order valence-corrected chi connectivity index (χ4v) is 3.35. The van der Waals surface area contributed by atoms with Crippen molar-refractivity contribution in [2.24, 2.45) is 0 Å². The molecular weight excluding hydrogens is 300 g/mol. The second-order valence-electron chi connectivity index (χ2n) is 6.22. The smallest absolute Gasteiger partial charge is 0.272 e. The molecule has 1 saturated carbocycles. The molecule has 2 atom stereocenters. The minimum Gasteiger partial charge on any atom is -0.348 e. The van der Waals surface area contributed by atoms with Gasteiger partial charge in [-0.05, 0) is 58.0 Å². The minimum atomic E-state index is -0.127. The second kappa shape index (κ2) is 6.26. The number of nitrogens with one attached hydrogen (secondary N) is 2. The van der Waals surface area contributed by atoms with Crippen LogP contribution >= 0.6 is 11.6 Å². The van der Waals surface area contributed by atoms with Gasteiger partial charge in [-0.2, -0.15) is 5.10 Å². The molecule has 0 saturated heterocycles. The van der Waals surface area contributed by atoms with Crippen LogP contribution in [0.2, 0.25) is 5.02 Å². The van der Waals surface area contributed by atoms with Crippen LogP contribution < -0.4 is 5.32 Å². The number of carbonyl (C=O) groups is 1. The van der Waals surface area contributed by atoms with E-state index in [9.17, 15) is 4.79 Å². The molecule has 1 fully saturated rings. The topological polar surface area (TPSA) is 61.0 Å². The third kappa shape index (κ3) is 3.10. The molecule has 2 N–H and O–H groups in total. The van der Waals surface area contributed by atoms with Crippen LogP contribution in [0.4, 0.5) is 0 Å². The average molecular weight is 321 g/mol. The van der Waals surface area contributed by atoms with Crippen LogP contribution in [-0.2, 0) is 0 Å². The number of hydrogen-bond acceptors (Lipinski definition) is 3. The zero-order chi connectivity index (χ0) is 15.7. The van der Waals surface area contributed by atoms with Gasteiger partial charge in [0.25, 0.3) is 5.91 Å². The van der Waals surface area contributed by atoms with E-state index in [0.29, 0.717) is 16.8 Å². The number of nitrogens with zero attached hydrogens (tertiary/aromatic N) is 2. The molecular formula is C16H21ClN4O. The van der Waals surface area contributed by atoms with Crippen LogP contribution in [0.15, 0.2) is 18.2 Å². The van der Waals surface area contributed by atoms with E-state index in [1.165, 1.54) is 6.42 Å². The Morgan fingerprint density at radius 3 is 3.00 bits per heavy atom. The molecule has 1 aromatic heterocycles. The molecule has 6 heteroatoms. The number of amides is 1. The zero-order valence-electron chi connectivity index (χ0n) is 12.9. The van der Waals surface area contributed by atoms with Crippen molar-refractivity contribution in [3.63, 3.8) is 0 Å². The lowest BCUT2D eigenvalue weighted by Crippen LogP contribution is -2.43. The highest BCUT2D eigenvalue weighted by molar-refractivity contribution is 6.31. The molecule has 0 aliphatic heterocycles. The van der Waals surface area contributed by atoms with Gasteiger partial charge in [0.05, 0.1) is 5.52 Å². The average Bonchev–Trinajstić information content (AvgIpc) is 2.90. The summed E-state index contributed by atoms with van der Waals surface area (Å²) in [6, 6.07) is 6.14. The van der Waals surface area contributed by atoms with Crippen LogP contribution in [0.3, 0.4) is 0 Å². The Balaban J connectivity index is 1.74. The summed E-state index contributed by atoms with van der Waals surface area (Å²) >= 11 is 6.02. The van der Waals surface area contributed by atoms with E-state index < -0.39 is 0 Å². The Hall–Kier alpha value is -1.59. The highest BCUT2D eigenvalue weighted by atomic mass is 35.5. The van der Waals surface area contributed by atoms with Gasteiger partial charge in [-0.25, -0.2) is 0 Å². The first-order valence-electron chi connectivity index (χ1n) is 7.65. The van der Waals surface area contributed by atoms with Gasteiger partial charge >= 0.3 is 0 Å². The van der Waals surface area contributed by atoms with E-state index in [2.05, 4.69) is 34.5 Å². The van der Waals surface area contributed by atoms with E-state index in [0.717, 1.165) is 30.2 Å². The molecule has 3 rings (SSSR count). The Kier molecular flexibility index (Phi) is 4.36. The van der Waals surface area contributed by atoms with Crippen LogP contribution in [0.5, 0.6) is 0 Å². The molecule has 2 aromatic rings. The first kappa shape index (κ1) is 15.3. The summed E-state index contributed by atoms with van der Waals surface area (Å²) in [5, 5.41) is 11.5. The van der Waals surface area contributed by atoms with Gasteiger partial charge in [0.1, 0.15) is 0 Å². The predicted octanol–water partition coefficient (Wildman–Crippen LogP) is 2.82. The van der Waals surface area contributed by atoms with Crippen molar-refractivity contribution in [1.82, 2.24) is 20.4 Å². The molecule has 0 radical (unpaired) electrons. The van der Waals surface area contributed by atoms with Gasteiger partial charge < -0.3 is 10.2 Å². The largest absolute Gasteiger partial charge is 0.348 e. The summed E-state index contributed by atoms with van der Waals surface area (Å²) in [5.74, 6) is -0.127. The molecule has 1 aromatic carbocycles. The van der Waals surface area contributed by atoms with Crippen molar-refractivity contribution < 1.29 is 4.79 Å². The predicted molar refractivity (Wildman–Crippen MR) is 88.3 cm³/mol. The first-order valence-corrected chi connectivity index (χ1v) is 8.03. The summed E-state index contributed by atoms with van der Waals surface area (Å²) in [4.78, 5) is 14.8. The first-order chi connectivity index (χ1) is 10.5. The van der Waals surface area contributed by atoms with Gasteiger partial charge in [-0.3, -0.25) is 9.89 Å². The Labute approximate surface area is 135 Å². The quantitative estimate of drug-likeness (QED) is 0.914. The second-order valence-corrected chi connectivity index (χ2v) is 6.65. The van der Waals surface area contributed by atoms with Crippen LogP contribution in [-0.4, -0.2) is 47.2 Å². The maximum absolute atomic E-state index is 12.5. The van der Waals surface area contributed by atoms with Crippen molar-refractivity contribution in [1.29, 1.82) is 0 Å². The van der Waals surface area contributed by atoms with Crippen LogP contribution in [0, 0.1) is 0 Å². The number of carbonyl (C=O) groups excluding carboxylic acids is 1. The lowest BCUT2D eigenvalue weighted by molar-refractivity contribution is 0.0907. The number of aromatic amines is 1. The lowest BCUT2D eigenvalue weighted by atomic mass is 9.90. The number of H-pyrrole nitrogens is 1. The minimum absolute atomic E-state index is 0.127. The molecule has 5 nitrogen and oxygen atoms in total. The van der Waals surface area contributed by atoms with Gasteiger partial charge in [0, 0.05) is 22.5 Å². The summed E-state index contributed by atoms with van der Waals surface area (Å²) in [6.07, 6.45) is 4.35. The fraction of sp³-hybridized carbons (Fsp3) is 0.500. The maximum Gasteiger partial charge on any atom is 0.272 e. The van der Waals surface area contributed by atoms with Gasteiger partial charge in [-0.15, -0.1) is 0 Å². The van der Waals surface area contributed by atoms with Gasteiger partial charge in [0.2, 0.25) is 0 Å².